The van der Waals surface area contributed by atoms with E-state index in [1.807, 2.05) is 37.5 Å². The Morgan fingerprint density at radius 1 is 1.35 bits per heavy atom. The molecule has 3 N–H and O–H groups in total. The number of para-hydroxylation sites is 1. The summed E-state index contributed by atoms with van der Waals surface area (Å²) in [6.07, 6.45) is 2.73. The van der Waals surface area contributed by atoms with Crippen LogP contribution in [0.4, 0.5) is 5.00 Å². The van der Waals surface area contributed by atoms with E-state index in [1.165, 1.54) is 11.3 Å². The zero-order valence-electron chi connectivity index (χ0n) is 14.3. The molecule has 1 aliphatic rings. The van der Waals surface area contributed by atoms with Gasteiger partial charge < -0.3 is 20.3 Å². The van der Waals surface area contributed by atoms with Crippen LogP contribution in [0.1, 0.15) is 26.4 Å². The molecule has 6 nitrogen and oxygen atoms in total. The average Bonchev–Trinajstić information content (AvgIpc) is 3.15. The van der Waals surface area contributed by atoms with Gasteiger partial charge in [-0.2, -0.15) is 0 Å². The minimum atomic E-state index is -0.977. The predicted octanol–water partition coefficient (Wildman–Crippen LogP) is 3.10. The average molecular weight is 369 g/mol. The zero-order chi connectivity index (χ0) is 18.3. The van der Waals surface area contributed by atoms with E-state index >= 15 is 0 Å². The molecule has 0 aliphatic carbocycles. The maximum absolute atomic E-state index is 12.6. The molecule has 3 aromatic rings. The van der Waals surface area contributed by atoms with Gasteiger partial charge in [-0.1, -0.05) is 18.2 Å². The van der Waals surface area contributed by atoms with Crippen molar-refractivity contribution in [1.82, 2.24) is 9.88 Å². The Kier molecular flexibility index (Phi) is 4.26. The van der Waals surface area contributed by atoms with E-state index in [-0.39, 0.29) is 17.9 Å². The number of amides is 1. The van der Waals surface area contributed by atoms with Gasteiger partial charge in [0.05, 0.1) is 12.0 Å². The number of aromatic nitrogens is 1. The molecular weight excluding hydrogens is 350 g/mol. The van der Waals surface area contributed by atoms with Crippen LogP contribution in [0.3, 0.4) is 0 Å². The van der Waals surface area contributed by atoms with Crippen LogP contribution in [-0.2, 0) is 24.2 Å². The molecule has 1 amide bonds. The Morgan fingerprint density at radius 2 is 2.15 bits per heavy atom. The molecule has 3 heterocycles. The van der Waals surface area contributed by atoms with Gasteiger partial charge in [-0.15, -0.1) is 11.3 Å². The molecule has 1 aromatic carbocycles. The van der Waals surface area contributed by atoms with Crippen LogP contribution >= 0.6 is 11.3 Å². The largest absolute Gasteiger partial charge is 0.478 e. The summed E-state index contributed by atoms with van der Waals surface area (Å²) < 4.78 is 0. The van der Waals surface area contributed by atoms with Gasteiger partial charge in [-0.3, -0.25) is 4.79 Å². The summed E-state index contributed by atoms with van der Waals surface area (Å²) in [5.74, 6) is -1.18. The van der Waals surface area contributed by atoms with E-state index < -0.39 is 5.97 Å². The number of fused-ring (bicyclic) bond motifs is 2. The Bertz CT molecular complexity index is 1000. The van der Waals surface area contributed by atoms with E-state index in [0.717, 1.165) is 40.0 Å². The molecule has 0 radical (unpaired) electrons. The molecule has 0 saturated carbocycles. The molecule has 0 unspecified atom stereocenters. The standard InChI is InChI=1S/C19H19N3O3S/c1-22-7-6-13-15(10-22)26-18(17(13)19(24)25)21-16(23)8-11-9-20-14-5-3-2-4-12(11)14/h2-5,9,20H,6-8,10H2,1H3,(H,21,23)(H,24,25). The van der Waals surface area contributed by atoms with E-state index in [0.29, 0.717) is 11.4 Å². The van der Waals surface area contributed by atoms with Gasteiger partial charge in [-0.05, 0) is 30.7 Å². The number of benzene rings is 1. The maximum atomic E-state index is 12.6. The topological polar surface area (TPSA) is 85.4 Å². The second kappa shape index (κ2) is 6.59. The number of anilines is 1. The number of hydrogen-bond donors (Lipinski definition) is 3. The first kappa shape index (κ1) is 16.8. The fourth-order valence-electron chi connectivity index (χ4n) is 3.47. The number of aromatic amines is 1. The van der Waals surface area contributed by atoms with Crippen LogP contribution in [-0.4, -0.2) is 40.5 Å². The summed E-state index contributed by atoms with van der Waals surface area (Å²) in [6.45, 7) is 1.55. The van der Waals surface area contributed by atoms with Crippen LogP contribution in [0, 0.1) is 0 Å². The summed E-state index contributed by atoms with van der Waals surface area (Å²) >= 11 is 1.38. The highest BCUT2D eigenvalue weighted by Crippen LogP contribution is 2.37. The lowest BCUT2D eigenvalue weighted by atomic mass is 10.0. The number of H-pyrrole nitrogens is 1. The second-order valence-electron chi connectivity index (χ2n) is 6.59. The number of likely N-dealkylation sites (N-methyl/N-ethyl adjacent to an activating group) is 1. The molecule has 0 fully saturated rings. The summed E-state index contributed by atoms with van der Waals surface area (Å²) in [7, 11) is 2.01. The van der Waals surface area contributed by atoms with Gasteiger partial charge in [-0.25, -0.2) is 4.79 Å². The first-order valence-corrected chi connectivity index (χ1v) is 9.26. The van der Waals surface area contributed by atoms with Gasteiger partial charge in [0.2, 0.25) is 5.91 Å². The summed E-state index contributed by atoms with van der Waals surface area (Å²) in [5, 5.41) is 13.9. The highest BCUT2D eigenvalue weighted by Gasteiger charge is 2.27. The molecular formula is C19H19N3O3S. The molecule has 0 spiro atoms. The van der Waals surface area contributed by atoms with Crippen molar-refractivity contribution in [2.45, 2.75) is 19.4 Å². The number of nitrogens with one attached hydrogen (secondary N) is 2. The van der Waals surface area contributed by atoms with Crippen molar-refractivity contribution in [3.8, 4) is 0 Å². The van der Waals surface area contributed by atoms with Crippen LogP contribution in [0.5, 0.6) is 0 Å². The maximum Gasteiger partial charge on any atom is 0.339 e. The molecule has 0 bridgehead atoms. The number of rotatable bonds is 4. The highest BCUT2D eigenvalue weighted by atomic mass is 32.1. The molecule has 0 saturated heterocycles. The number of nitrogens with zero attached hydrogens (tertiary/aromatic N) is 1. The number of aromatic carboxylic acids is 1. The van der Waals surface area contributed by atoms with Gasteiger partial charge in [0.15, 0.2) is 0 Å². The second-order valence-corrected chi connectivity index (χ2v) is 7.69. The lowest BCUT2D eigenvalue weighted by molar-refractivity contribution is -0.115. The monoisotopic (exact) mass is 369 g/mol. The first-order valence-electron chi connectivity index (χ1n) is 8.44. The molecule has 1 aliphatic heterocycles. The molecule has 7 heteroatoms. The van der Waals surface area contributed by atoms with Gasteiger partial charge >= 0.3 is 5.97 Å². The smallest absolute Gasteiger partial charge is 0.339 e. The fraction of sp³-hybridized carbons (Fsp3) is 0.263. The predicted molar refractivity (Wildman–Crippen MR) is 102 cm³/mol. The summed E-state index contributed by atoms with van der Waals surface area (Å²) in [5.41, 5.74) is 3.00. The highest BCUT2D eigenvalue weighted by molar-refractivity contribution is 7.17. The van der Waals surface area contributed by atoms with Crippen molar-refractivity contribution in [1.29, 1.82) is 0 Å². The zero-order valence-corrected chi connectivity index (χ0v) is 15.2. The molecule has 26 heavy (non-hydrogen) atoms. The van der Waals surface area contributed by atoms with Crippen LogP contribution in [0.25, 0.3) is 10.9 Å². The van der Waals surface area contributed by atoms with Gasteiger partial charge in [0.25, 0.3) is 0 Å². The molecule has 4 rings (SSSR count). The van der Waals surface area contributed by atoms with Crippen molar-refractivity contribution in [2.75, 3.05) is 18.9 Å². The minimum absolute atomic E-state index is 0.200. The van der Waals surface area contributed by atoms with Crippen molar-refractivity contribution in [2.24, 2.45) is 0 Å². The number of carboxylic acids is 1. The summed E-state index contributed by atoms with van der Waals surface area (Å²) in [4.78, 5) is 30.6. The van der Waals surface area contributed by atoms with E-state index in [1.54, 1.807) is 0 Å². The lowest BCUT2D eigenvalue weighted by Crippen LogP contribution is -2.26. The third-order valence-corrected chi connectivity index (χ3v) is 5.87. The van der Waals surface area contributed by atoms with Crippen molar-refractivity contribution in [3.63, 3.8) is 0 Å². The molecule has 2 aromatic heterocycles. The minimum Gasteiger partial charge on any atom is -0.478 e. The quantitative estimate of drug-likeness (QED) is 0.660. The van der Waals surface area contributed by atoms with Crippen molar-refractivity contribution >= 4 is 39.1 Å². The van der Waals surface area contributed by atoms with Gasteiger partial charge in [0, 0.05) is 35.1 Å². The number of carbonyl (C=O) groups excluding carboxylic acids is 1. The third kappa shape index (κ3) is 3.00. The fourth-order valence-corrected chi connectivity index (χ4v) is 4.80. The van der Waals surface area contributed by atoms with Crippen molar-refractivity contribution in [3.05, 3.63) is 52.0 Å². The Morgan fingerprint density at radius 3 is 2.96 bits per heavy atom. The van der Waals surface area contributed by atoms with Crippen molar-refractivity contribution < 1.29 is 14.7 Å². The lowest BCUT2D eigenvalue weighted by Gasteiger charge is -2.22. The first-order chi connectivity index (χ1) is 12.5. The van der Waals surface area contributed by atoms with Crippen LogP contribution in [0.15, 0.2) is 30.5 Å². The normalized spacial score (nSPS) is 14.3. The molecule has 134 valence electrons. The number of carbonyl (C=O) groups is 2. The third-order valence-electron chi connectivity index (χ3n) is 4.74. The number of thiophene rings is 1. The van der Waals surface area contributed by atoms with E-state index in [4.69, 9.17) is 0 Å². The van der Waals surface area contributed by atoms with E-state index in [2.05, 4.69) is 15.2 Å². The number of carboxylic acid groups (broad SMARTS) is 1. The van der Waals surface area contributed by atoms with Crippen LogP contribution in [0.2, 0.25) is 0 Å². The SMILES string of the molecule is CN1CCc2c(sc(NC(=O)Cc3c[nH]c4ccccc34)c2C(=O)O)C1. The van der Waals surface area contributed by atoms with Gasteiger partial charge in [0.1, 0.15) is 5.00 Å². The number of hydrogen-bond acceptors (Lipinski definition) is 4. The summed E-state index contributed by atoms with van der Waals surface area (Å²) in [6, 6.07) is 7.80. The van der Waals surface area contributed by atoms with Crippen LogP contribution < -0.4 is 5.32 Å². The molecule has 0 atom stereocenters. The Balaban J connectivity index is 1.59. The Labute approximate surface area is 154 Å². The van der Waals surface area contributed by atoms with E-state index in [9.17, 15) is 14.7 Å². The Hall–Kier alpha value is -2.64.